The first-order valence-corrected chi connectivity index (χ1v) is 10.4. The van der Waals surface area contributed by atoms with Crippen molar-refractivity contribution in [2.45, 2.75) is 19.0 Å². The fourth-order valence-electron chi connectivity index (χ4n) is 3.11. The number of anilines is 1. The van der Waals surface area contributed by atoms with Crippen molar-refractivity contribution in [3.05, 3.63) is 53.6 Å². The Morgan fingerprint density at radius 2 is 2.00 bits per heavy atom. The van der Waals surface area contributed by atoms with E-state index < -0.39 is 0 Å². The Balaban J connectivity index is 1.47. The molecule has 0 aliphatic carbocycles. The monoisotopic (exact) mass is 422 g/mol. The maximum absolute atomic E-state index is 12.3. The van der Waals surface area contributed by atoms with E-state index in [2.05, 4.69) is 15.5 Å². The van der Waals surface area contributed by atoms with Crippen molar-refractivity contribution in [3.8, 4) is 17.3 Å². The maximum atomic E-state index is 12.3. The number of nitrogens with zero attached hydrogens (tertiary/aromatic N) is 3. The zero-order valence-electron chi connectivity index (χ0n) is 17.2. The van der Waals surface area contributed by atoms with E-state index in [1.165, 1.54) is 17.3 Å². The van der Waals surface area contributed by atoms with Crippen LogP contribution in [0.4, 0.5) is 5.69 Å². The van der Waals surface area contributed by atoms with Gasteiger partial charge in [-0.25, -0.2) is 0 Å². The average molecular weight is 423 g/mol. The number of rotatable bonds is 6. The SMILES string of the molecule is COc1cccc2cc(-c3nnc(SCC(=O)Nc4ccc(C)c(C)c4)n3C)oc12. The van der Waals surface area contributed by atoms with Crippen LogP contribution < -0.4 is 10.1 Å². The highest BCUT2D eigenvalue weighted by molar-refractivity contribution is 7.99. The highest BCUT2D eigenvalue weighted by Gasteiger charge is 2.18. The third-order valence-electron chi connectivity index (χ3n) is 4.91. The molecule has 0 fully saturated rings. The first-order chi connectivity index (χ1) is 14.5. The second-order valence-electron chi connectivity index (χ2n) is 6.99. The van der Waals surface area contributed by atoms with E-state index in [-0.39, 0.29) is 11.7 Å². The highest BCUT2D eigenvalue weighted by atomic mass is 32.2. The Kier molecular flexibility index (Phi) is 5.50. The molecular weight excluding hydrogens is 400 g/mol. The van der Waals surface area contributed by atoms with E-state index in [1.807, 2.05) is 67.9 Å². The number of carbonyl (C=O) groups excluding carboxylic acids is 1. The lowest BCUT2D eigenvalue weighted by atomic mass is 10.1. The number of para-hydroxylation sites is 1. The van der Waals surface area contributed by atoms with Gasteiger partial charge in [0, 0.05) is 18.1 Å². The molecule has 4 rings (SSSR count). The van der Waals surface area contributed by atoms with E-state index in [4.69, 9.17) is 9.15 Å². The zero-order chi connectivity index (χ0) is 21.3. The number of hydrogen-bond acceptors (Lipinski definition) is 6. The lowest BCUT2D eigenvalue weighted by Gasteiger charge is -2.07. The number of hydrogen-bond donors (Lipinski definition) is 1. The van der Waals surface area contributed by atoms with Crippen LogP contribution in [0.3, 0.4) is 0 Å². The summed E-state index contributed by atoms with van der Waals surface area (Å²) in [5.74, 6) is 1.98. The number of aromatic nitrogens is 3. The van der Waals surface area contributed by atoms with Crippen LogP contribution in [-0.2, 0) is 11.8 Å². The van der Waals surface area contributed by atoms with Crippen LogP contribution in [-0.4, -0.2) is 33.5 Å². The van der Waals surface area contributed by atoms with E-state index in [1.54, 1.807) is 7.11 Å². The third kappa shape index (κ3) is 3.91. The molecule has 0 spiro atoms. The Hall–Kier alpha value is -3.26. The Morgan fingerprint density at radius 3 is 2.77 bits per heavy atom. The second-order valence-corrected chi connectivity index (χ2v) is 7.93. The third-order valence-corrected chi connectivity index (χ3v) is 5.93. The average Bonchev–Trinajstić information content (AvgIpc) is 3.32. The molecule has 0 atom stereocenters. The molecular formula is C22H22N4O3S. The van der Waals surface area contributed by atoms with Gasteiger partial charge < -0.3 is 19.0 Å². The number of carbonyl (C=O) groups is 1. The first-order valence-electron chi connectivity index (χ1n) is 9.42. The van der Waals surface area contributed by atoms with Crippen LogP contribution in [0, 0.1) is 13.8 Å². The summed E-state index contributed by atoms with van der Waals surface area (Å²) >= 11 is 1.32. The number of nitrogens with one attached hydrogen (secondary N) is 1. The first kappa shape index (κ1) is 20.0. The van der Waals surface area contributed by atoms with Gasteiger partial charge in [-0.2, -0.15) is 0 Å². The molecule has 0 saturated heterocycles. The fourth-order valence-corrected chi connectivity index (χ4v) is 3.82. The van der Waals surface area contributed by atoms with E-state index >= 15 is 0 Å². The minimum Gasteiger partial charge on any atom is -0.493 e. The topological polar surface area (TPSA) is 82.2 Å². The zero-order valence-corrected chi connectivity index (χ0v) is 18.0. The summed E-state index contributed by atoms with van der Waals surface area (Å²) in [4.78, 5) is 12.3. The van der Waals surface area contributed by atoms with Gasteiger partial charge in [0.15, 0.2) is 28.1 Å². The molecule has 7 nitrogen and oxygen atoms in total. The van der Waals surface area contributed by atoms with Crippen LogP contribution in [0.1, 0.15) is 11.1 Å². The van der Waals surface area contributed by atoms with Crippen LogP contribution in [0.2, 0.25) is 0 Å². The summed E-state index contributed by atoms with van der Waals surface area (Å²) in [6.45, 7) is 4.06. The number of methoxy groups -OCH3 is 1. The van der Waals surface area contributed by atoms with Gasteiger partial charge in [0.05, 0.1) is 12.9 Å². The standard InChI is InChI=1S/C22H22N4O3S/c1-13-8-9-16(10-14(13)2)23-19(27)12-30-22-25-24-21(26(22)3)18-11-15-6-5-7-17(28-4)20(15)29-18/h5-11H,12H2,1-4H3,(H,23,27). The Bertz CT molecular complexity index is 1230. The molecule has 1 amide bonds. The van der Waals surface area contributed by atoms with Crippen molar-refractivity contribution in [1.29, 1.82) is 0 Å². The van der Waals surface area contributed by atoms with Crippen molar-refractivity contribution < 1.29 is 13.9 Å². The molecule has 0 saturated carbocycles. The van der Waals surface area contributed by atoms with Gasteiger partial charge >= 0.3 is 0 Å². The molecule has 2 aromatic heterocycles. The normalized spacial score (nSPS) is 11.1. The molecule has 1 N–H and O–H groups in total. The van der Waals surface area contributed by atoms with Gasteiger partial charge in [-0.1, -0.05) is 30.0 Å². The van der Waals surface area contributed by atoms with Crippen LogP contribution in [0.5, 0.6) is 5.75 Å². The van der Waals surface area contributed by atoms with Crippen molar-refractivity contribution in [2.75, 3.05) is 18.2 Å². The van der Waals surface area contributed by atoms with Crippen LogP contribution in [0.25, 0.3) is 22.6 Å². The van der Waals surface area contributed by atoms with Gasteiger partial charge in [-0.15, -0.1) is 10.2 Å². The number of aryl methyl sites for hydroxylation is 2. The molecule has 0 unspecified atom stereocenters. The summed E-state index contributed by atoms with van der Waals surface area (Å²) in [5, 5.41) is 12.9. The number of amides is 1. The number of thioether (sulfide) groups is 1. The van der Waals surface area contributed by atoms with Gasteiger partial charge in [0.1, 0.15) is 0 Å². The number of ether oxygens (including phenoxy) is 1. The van der Waals surface area contributed by atoms with Crippen LogP contribution in [0.15, 0.2) is 52.0 Å². The van der Waals surface area contributed by atoms with E-state index in [0.717, 1.165) is 16.6 Å². The number of furan rings is 1. The minimum atomic E-state index is -0.0960. The summed E-state index contributed by atoms with van der Waals surface area (Å²) < 4.78 is 13.1. The van der Waals surface area contributed by atoms with Crippen LogP contribution >= 0.6 is 11.8 Å². The Labute approximate surface area is 178 Å². The second kappa shape index (κ2) is 8.23. The van der Waals surface area contributed by atoms with Gasteiger partial charge in [0.25, 0.3) is 0 Å². The van der Waals surface area contributed by atoms with Crippen molar-refractivity contribution in [1.82, 2.24) is 14.8 Å². The minimum absolute atomic E-state index is 0.0960. The predicted octanol–water partition coefficient (Wildman–Crippen LogP) is 4.58. The summed E-state index contributed by atoms with van der Waals surface area (Å²) in [6.07, 6.45) is 0. The molecule has 4 aromatic rings. The summed E-state index contributed by atoms with van der Waals surface area (Å²) in [7, 11) is 3.46. The summed E-state index contributed by atoms with van der Waals surface area (Å²) in [5.41, 5.74) is 3.79. The molecule has 2 heterocycles. The van der Waals surface area contributed by atoms with Gasteiger partial charge in [-0.05, 0) is 49.2 Å². The van der Waals surface area contributed by atoms with Crippen molar-refractivity contribution in [2.24, 2.45) is 7.05 Å². The summed E-state index contributed by atoms with van der Waals surface area (Å²) in [6, 6.07) is 13.5. The molecule has 2 aromatic carbocycles. The molecule has 0 aliphatic heterocycles. The van der Waals surface area contributed by atoms with E-state index in [9.17, 15) is 4.79 Å². The maximum Gasteiger partial charge on any atom is 0.234 e. The quantitative estimate of drug-likeness (QED) is 0.458. The Morgan fingerprint density at radius 1 is 1.17 bits per heavy atom. The molecule has 0 radical (unpaired) electrons. The lowest BCUT2D eigenvalue weighted by Crippen LogP contribution is -2.14. The predicted molar refractivity (Wildman–Crippen MR) is 118 cm³/mol. The molecule has 30 heavy (non-hydrogen) atoms. The van der Waals surface area contributed by atoms with Crippen molar-refractivity contribution in [3.63, 3.8) is 0 Å². The number of fused-ring (bicyclic) bond motifs is 1. The molecule has 0 aliphatic rings. The largest absolute Gasteiger partial charge is 0.493 e. The van der Waals surface area contributed by atoms with E-state index in [0.29, 0.717) is 28.1 Å². The molecule has 154 valence electrons. The molecule has 8 heteroatoms. The van der Waals surface area contributed by atoms with Gasteiger partial charge in [-0.3, -0.25) is 4.79 Å². The number of benzene rings is 2. The smallest absolute Gasteiger partial charge is 0.234 e. The lowest BCUT2D eigenvalue weighted by molar-refractivity contribution is -0.113. The fraction of sp³-hybridized carbons (Fsp3) is 0.227. The van der Waals surface area contributed by atoms with Crippen molar-refractivity contribution >= 4 is 34.3 Å². The highest BCUT2D eigenvalue weighted by Crippen LogP contribution is 2.33. The van der Waals surface area contributed by atoms with Gasteiger partial charge in [0.2, 0.25) is 5.91 Å². The molecule has 0 bridgehead atoms.